The molecule has 1 heterocycles. The van der Waals surface area contributed by atoms with Crippen LogP contribution in [0, 0.1) is 0 Å². The van der Waals surface area contributed by atoms with Gasteiger partial charge in [0, 0.05) is 15.7 Å². The van der Waals surface area contributed by atoms with Crippen LogP contribution in [0.3, 0.4) is 0 Å². The highest BCUT2D eigenvalue weighted by Gasteiger charge is 2.08. The van der Waals surface area contributed by atoms with Gasteiger partial charge in [0.25, 0.3) is 0 Å². The van der Waals surface area contributed by atoms with E-state index in [1.807, 2.05) is 18.2 Å². The number of fused-ring (bicyclic) bond motifs is 1. The Morgan fingerprint density at radius 1 is 1.21 bits per heavy atom. The molecular formula is C17H14BrN3O2S. The third kappa shape index (κ3) is 4.04. The second kappa shape index (κ2) is 7.19. The average molecular weight is 404 g/mol. The van der Waals surface area contributed by atoms with E-state index in [0.29, 0.717) is 16.4 Å². The van der Waals surface area contributed by atoms with Crippen LogP contribution in [0.5, 0.6) is 0 Å². The number of imidazole rings is 1. The normalized spacial score (nSPS) is 10.8. The Labute approximate surface area is 151 Å². The third-order valence-corrected chi connectivity index (χ3v) is 4.70. The van der Waals surface area contributed by atoms with Gasteiger partial charge in [0.1, 0.15) is 0 Å². The molecule has 122 valence electrons. The van der Waals surface area contributed by atoms with Crippen LogP contribution in [0.4, 0.5) is 5.69 Å². The van der Waals surface area contributed by atoms with Gasteiger partial charge in [-0.3, -0.25) is 9.59 Å². The first-order valence-corrected chi connectivity index (χ1v) is 8.98. The number of anilines is 1. The molecule has 0 aliphatic carbocycles. The van der Waals surface area contributed by atoms with E-state index < -0.39 is 0 Å². The van der Waals surface area contributed by atoms with Crippen molar-refractivity contribution in [2.24, 2.45) is 0 Å². The lowest BCUT2D eigenvalue weighted by Crippen LogP contribution is -2.14. The fourth-order valence-electron chi connectivity index (χ4n) is 2.15. The largest absolute Gasteiger partial charge is 0.333 e. The highest BCUT2D eigenvalue weighted by molar-refractivity contribution is 9.10. The number of ketones is 1. The number of thioether (sulfide) groups is 1. The molecule has 7 heteroatoms. The Balaban J connectivity index is 1.59. The third-order valence-electron chi connectivity index (χ3n) is 3.34. The number of nitrogens with one attached hydrogen (secondary N) is 2. The smallest absolute Gasteiger partial charge is 0.234 e. The van der Waals surface area contributed by atoms with Crippen molar-refractivity contribution in [3.63, 3.8) is 0 Å². The highest BCUT2D eigenvalue weighted by atomic mass is 79.9. The molecular weight excluding hydrogens is 390 g/mol. The van der Waals surface area contributed by atoms with Crippen molar-refractivity contribution >= 4 is 56.1 Å². The first-order chi connectivity index (χ1) is 11.5. The Bertz CT molecular complexity index is 906. The summed E-state index contributed by atoms with van der Waals surface area (Å²) in [6.07, 6.45) is 0. The van der Waals surface area contributed by atoms with Crippen LogP contribution < -0.4 is 5.32 Å². The van der Waals surface area contributed by atoms with Crippen molar-refractivity contribution in [3.05, 3.63) is 52.5 Å². The summed E-state index contributed by atoms with van der Waals surface area (Å²) >= 11 is 4.75. The number of carbonyl (C=O) groups is 2. The van der Waals surface area contributed by atoms with Crippen molar-refractivity contribution in [2.45, 2.75) is 12.1 Å². The molecule has 0 unspecified atom stereocenters. The van der Waals surface area contributed by atoms with Gasteiger partial charge in [0.2, 0.25) is 5.91 Å². The number of aromatic amines is 1. The Hall–Kier alpha value is -2.12. The number of aromatic nitrogens is 2. The summed E-state index contributed by atoms with van der Waals surface area (Å²) in [6.45, 7) is 1.51. The van der Waals surface area contributed by atoms with E-state index in [1.165, 1.54) is 18.7 Å². The van der Waals surface area contributed by atoms with Gasteiger partial charge in [0.05, 0.1) is 16.8 Å². The summed E-state index contributed by atoms with van der Waals surface area (Å²) in [5, 5.41) is 3.50. The molecule has 0 spiro atoms. The second-order valence-electron chi connectivity index (χ2n) is 5.17. The van der Waals surface area contributed by atoms with Crippen LogP contribution in [0.25, 0.3) is 11.0 Å². The van der Waals surface area contributed by atoms with Crippen LogP contribution in [0.2, 0.25) is 0 Å². The maximum absolute atomic E-state index is 12.0. The predicted molar refractivity (Wildman–Crippen MR) is 99.6 cm³/mol. The van der Waals surface area contributed by atoms with Crippen LogP contribution in [0.1, 0.15) is 17.3 Å². The molecule has 1 aromatic heterocycles. The van der Waals surface area contributed by atoms with Gasteiger partial charge < -0.3 is 10.3 Å². The number of hydrogen-bond acceptors (Lipinski definition) is 4. The highest BCUT2D eigenvalue weighted by Crippen LogP contribution is 2.22. The summed E-state index contributed by atoms with van der Waals surface area (Å²) in [4.78, 5) is 30.9. The summed E-state index contributed by atoms with van der Waals surface area (Å²) in [5.74, 6) is 0.118. The molecule has 0 aliphatic rings. The SMILES string of the molecule is CC(=O)c1ccc(NC(=O)CSc2nc3ccc(Br)cc3[nH]2)cc1. The second-order valence-corrected chi connectivity index (χ2v) is 7.05. The summed E-state index contributed by atoms with van der Waals surface area (Å²) < 4.78 is 0.974. The van der Waals surface area contributed by atoms with E-state index in [2.05, 4.69) is 31.2 Å². The monoisotopic (exact) mass is 403 g/mol. The minimum Gasteiger partial charge on any atom is -0.333 e. The van der Waals surface area contributed by atoms with Crippen molar-refractivity contribution < 1.29 is 9.59 Å². The van der Waals surface area contributed by atoms with Crippen molar-refractivity contribution in [2.75, 3.05) is 11.1 Å². The van der Waals surface area contributed by atoms with E-state index in [4.69, 9.17) is 0 Å². The number of benzene rings is 2. The molecule has 1 amide bonds. The Morgan fingerprint density at radius 2 is 1.96 bits per heavy atom. The lowest BCUT2D eigenvalue weighted by Gasteiger charge is -2.04. The number of carbonyl (C=O) groups excluding carboxylic acids is 2. The predicted octanol–water partition coefficient (Wildman–Crippen LogP) is 4.26. The van der Waals surface area contributed by atoms with E-state index in [0.717, 1.165) is 15.5 Å². The zero-order valence-electron chi connectivity index (χ0n) is 12.8. The van der Waals surface area contributed by atoms with Gasteiger partial charge in [-0.15, -0.1) is 0 Å². The number of amides is 1. The lowest BCUT2D eigenvalue weighted by molar-refractivity contribution is -0.113. The van der Waals surface area contributed by atoms with Gasteiger partial charge >= 0.3 is 0 Å². The number of rotatable bonds is 5. The summed E-state index contributed by atoms with van der Waals surface area (Å²) in [5.41, 5.74) is 3.07. The molecule has 24 heavy (non-hydrogen) atoms. The van der Waals surface area contributed by atoms with Crippen LogP contribution in [0.15, 0.2) is 52.1 Å². The average Bonchev–Trinajstić information content (AvgIpc) is 2.95. The Morgan fingerprint density at radius 3 is 2.67 bits per heavy atom. The summed E-state index contributed by atoms with van der Waals surface area (Å²) in [7, 11) is 0. The quantitative estimate of drug-likeness (QED) is 0.492. The molecule has 0 radical (unpaired) electrons. The number of hydrogen-bond donors (Lipinski definition) is 2. The lowest BCUT2D eigenvalue weighted by atomic mass is 10.1. The molecule has 5 nitrogen and oxygen atoms in total. The number of H-pyrrole nitrogens is 1. The van der Waals surface area contributed by atoms with Gasteiger partial charge in [-0.1, -0.05) is 27.7 Å². The van der Waals surface area contributed by atoms with Gasteiger partial charge in [-0.2, -0.15) is 0 Å². The molecule has 0 saturated carbocycles. The van der Waals surface area contributed by atoms with Crippen LogP contribution >= 0.6 is 27.7 Å². The standard InChI is InChI=1S/C17H14BrN3O2S/c1-10(22)11-2-5-13(6-3-11)19-16(23)9-24-17-20-14-7-4-12(18)8-15(14)21-17/h2-8H,9H2,1H3,(H,19,23)(H,20,21). The molecule has 2 aromatic carbocycles. The molecule has 0 atom stereocenters. The first kappa shape index (κ1) is 16.7. The van der Waals surface area contributed by atoms with Gasteiger partial charge in [0.15, 0.2) is 10.9 Å². The number of nitrogens with zero attached hydrogens (tertiary/aromatic N) is 1. The van der Waals surface area contributed by atoms with E-state index in [-0.39, 0.29) is 17.4 Å². The molecule has 2 N–H and O–H groups in total. The minimum atomic E-state index is -0.128. The molecule has 0 bridgehead atoms. The van der Waals surface area contributed by atoms with Gasteiger partial charge in [-0.05, 0) is 49.4 Å². The van der Waals surface area contributed by atoms with E-state index >= 15 is 0 Å². The zero-order valence-corrected chi connectivity index (χ0v) is 15.2. The fourth-order valence-corrected chi connectivity index (χ4v) is 3.19. The minimum absolute atomic E-state index is 0.0000423. The fraction of sp³-hybridized carbons (Fsp3) is 0.118. The molecule has 0 saturated heterocycles. The van der Waals surface area contributed by atoms with Gasteiger partial charge in [-0.25, -0.2) is 4.98 Å². The number of halogens is 1. The van der Waals surface area contributed by atoms with E-state index in [9.17, 15) is 9.59 Å². The Kier molecular flexibility index (Phi) is 5.01. The topological polar surface area (TPSA) is 74.8 Å². The molecule has 0 aliphatic heterocycles. The van der Waals surface area contributed by atoms with Crippen molar-refractivity contribution in [1.82, 2.24) is 9.97 Å². The maximum Gasteiger partial charge on any atom is 0.234 e. The van der Waals surface area contributed by atoms with Crippen molar-refractivity contribution in [3.8, 4) is 0 Å². The van der Waals surface area contributed by atoms with Crippen molar-refractivity contribution in [1.29, 1.82) is 0 Å². The van der Waals surface area contributed by atoms with E-state index in [1.54, 1.807) is 24.3 Å². The molecule has 0 fully saturated rings. The zero-order chi connectivity index (χ0) is 17.1. The van der Waals surface area contributed by atoms with Crippen LogP contribution in [-0.4, -0.2) is 27.4 Å². The molecule has 3 rings (SSSR count). The van der Waals surface area contributed by atoms with Crippen LogP contribution in [-0.2, 0) is 4.79 Å². The number of Topliss-reactive ketones (excluding diaryl/α,β-unsaturated/α-hetero) is 1. The first-order valence-electron chi connectivity index (χ1n) is 7.20. The maximum atomic E-state index is 12.0. The summed E-state index contributed by atoms with van der Waals surface area (Å²) in [6, 6.07) is 12.6. The molecule has 3 aromatic rings.